The largest absolute Gasteiger partial charge is 0.326 e. The molecule has 0 spiro atoms. The summed E-state index contributed by atoms with van der Waals surface area (Å²) >= 11 is 0. The number of halogens is 1. The number of carbonyl (C=O) groups is 1. The molecule has 1 amide bonds. The van der Waals surface area contributed by atoms with Crippen LogP contribution in [0.3, 0.4) is 0 Å². The van der Waals surface area contributed by atoms with Crippen molar-refractivity contribution in [3.05, 3.63) is 64.5 Å². The van der Waals surface area contributed by atoms with Crippen molar-refractivity contribution in [1.82, 2.24) is 5.32 Å². The van der Waals surface area contributed by atoms with Crippen molar-refractivity contribution in [2.24, 2.45) is 0 Å². The van der Waals surface area contributed by atoms with Crippen LogP contribution in [0.2, 0.25) is 0 Å². The number of fused-ring (bicyclic) bond motifs is 1. The molecule has 1 aliphatic rings. The van der Waals surface area contributed by atoms with Crippen LogP contribution in [0.15, 0.2) is 36.4 Å². The molecule has 0 saturated heterocycles. The summed E-state index contributed by atoms with van der Waals surface area (Å²) in [7, 11) is 1.81. The Balaban J connectivity index is 2.03. The van der Waals surface area contributed by atoms with E-state index in [1.165, 1.54) is 0 Å². The highest BCUT2D eigenvalue weighted by atomic mass is 19.1. The molecule has 2 aromatic rings. The maximum atomic E-state index is 14.4. The summed E-state index contributed by atoms with van der Waals surface area (Å²) in [5.74, 6) is -0.184. The van der Waals surface area contributed by atoms with Crippen LogP contribution in [0.4, 0.5) is 10.1 Å². The summed E-state index contributed by atoms with van der Waals surface area (Å²) in [6, 6.07) is 11.0. The molecular weight excluding hydrogens is 267 g/mol. The van der Waals surface area contributed by atoms with Crippen LogP contribution in [-0.2, 0) is 11.2 Å². The van der Waals surface area contributed by atoms with Gasteiger partial charge in [0.05, 0.1) is 12.5 Å². The van der Waals surface area contributed by atoms with Crippen LogP contribution < -0.4 is 10.6 Å². The van der Waals surface area contributed by atoms with E-state index in [9.17, 15) is 9.18 Å². The van der Waals surface area contributed by atoms with Crippen LogP contribution in [0.1, 0.15) is 28.3 Å². The fourth-order valence-electron chi connectivity index (χ4n) is 2.82. The van der Waals surface area contributed by atoms with Gasteiger partial charge in [-0.25, -0.2) is 4.39 Å². The number of carbonyl (C=O) groups excluding carboxylic acids is 1. The third kappa shape index (κ3) is 2.43. The number of hydrogen-bond donors (Lipinski definition) is 2. The zero-order chi connectivity index (χ0) is 15.0. The number of hydrogen-bond acceptors (Lipinski definition) is 2. The third-order valence-electron chi connectivity index (χ3n) is 3.91. The van der Waals surface area contributed by atoms with Crippen molar-refractivity contribution < 1.29 is 9.18 Å². The quantitative estimate of drug-likeness (QED) is 0.910. The molecule has 1 aliphatic heterocycles. The van der Waals surface area contributed by atoms with E-state index in [-0.39, 0.29) is 17.8 Å². The first kappa shape index (κ1) is 13.8. The molecule has 2 N–H and O–H groups in total. The highest BCUT2D eigenvalue weighted by Crippen LogP contribution is 2.30. The van der Waals surface area contributed by atoms with Gasteiger partial charge in [0, 0.05) is 11.3 Å². The minimum atomic E-state index is -0.231. The predicted molar refractivity (Wildman–Crippen MR) is 80.8 cm³/mol. The van der Waals surface area contributed by atoms with E-state index >= 15 is 0 Å². The Morgan fingerprint density at radius 3 is 2.86 bits per heavy atom. The van der Waals surface area contributed by atoms with Crippen molar-refractivity contribution in [2.45, 2.75) is 19.4 Å². The molecule has 0 fully saturated rings. The molecule has 1 unspecified atom stereocenters. The molecule has 0 bridgehead atoms. The molecule has 4 heteroatoms. The van der Waals surface area contributed by atoms with Crippen LogP contribution in [0.5, 0.6) is 0 Å². The minimum Gasteiger partial charge on any atom is -0.326 e. The fraction of sp³-hybridized carbons (Fsp3) is 0.235. The van der Waals surface area contributed by atoms with Crippen LogP contribution in [-0.4, -0.2) is 13.0 Å². The van der Waals surface area contributed by atoms with Gasteiger partial charge in [-0.3, -0.25) is 4.79 Å². The first-order chi connectivity index (χ1) is 10.1. The lowest BCUT2D eigenvalue weighted by Crippen LogP contribution is -2.19. The number of aryl methyl sites for hydroxylation is 1. The van der Waals surface area contributed by atoms with Crippen molar-refractivity contribution in [2.75, 3.05) is 12.4 Å². The van der Waals surface area contributed by atoms with E-state index in [0.29, 0.717) is 17.5 Å². The highest BCUT2D eigenvalue weighted by molar-refractivity contribution is 5.99. The van der Waals surface area contributed by atoms with Gasteiger partial charge in [-0.05, 0) is 36.7 Å². The van der Waals surface area contributed by atoms with Gasteiger partial charge in [0.2, 0.25) is 5.91 Å². The second-order valence-corrected chi connectivity index (χ2v) is 5.34. The van der Waals surface area contributed by atoms with E-state index in [4.69, 9.17) is 0 Å². The zero-order valence-electron chi connectivity index (χ0n) is 12.0. The summed E-state index contributed by atoms with van der Waals surface area (Å²) in [5, 5.41) is 5.97. The number of nitrogens with one attached hydrogen (secondary N) is 2. The van der Waals surface area contributed by atoms with Gasteiger partial charge in [-0.2, -0.15) is 0 Å². The Kier molecular flexibility index (Phi) is 3.47. The molecule has 0 aliphatic carbocycles. The van der Waals surface area contributed by atoms with Crippen LogP contribution in [0.25, 0.3) is 0 Å². The third-order valence-corrected chi connectivity index (χ3v) is 3.91. The molecule has 3 rings (SSSR count). The van der Waals surface area contributed by atoms with Crippen molar-refractivity contribution in [1.29, 1.82) is 0 Å². The lowest BCUT2D eigenvalue weighted by molar-refractivity contribution is -0.115. The molecule has 3 nitrogen and oxygen atoms in total. The average molecular weight is 284 g/mol. The number of benzene rings is 2. The van der Waals surface area contributed by atoms with Crippen LogP contribution in [0, 0.1) is 12.7 Å². The Morgan fingerprint density at radius 1 is 1.29 bits per heavy atom. The molecule has 1 heterocycles. The van der Waals surface area contributed by atoms with Gasteiger partial charge in [-0.15, -0.1) is 0 Å². The SMILES string of the molecule is CNC(c1ccc2c(c1)CC(=O)N2)c1cccc(C)c1F. The maximum absolute atomic E-state index is 14.4. The number of anilines is 1. The van der Waals surface area contributed by atoms with E-state index < -0.39 is 0 Å². The smallest absolute Gasteiger partial charge is 0.228 e. The summed E-state index contributed by atoms with van der Waals surface area (Å²) < 4.78 is 14.4. The molecule has 1 atom stereocenters. The summed E-state index contributed by atoms with van der Waals surface area (Å²) in [6.07, 6.45) is 0.385. The molecule has 2 aromatic carbocycles. The molecule has 108 valence electrons. The summed E-state index contributed by atoms with van der Waals surface area (Å²) in [4.78, 5) is 11.4. The summed E-state index contributed by atoms with van der Waals surface area (Å²) in [5.41, 5.74) is 4.02. The molecule has 0 radical (unpaired) electrons. The highest BCUT2D eigenvalue weighted by Gasteiger charge is 2.22. The first-order valence-corrected chi connectivity index (χ1v) is 6.95. The van der Waals surface area contributed by atoms with E-state index in [0.717, 1.165) is 16.8 Å². The van der Waals surface area contributed by atoms with Gasteiger partial charge >= 0.3 is 0 Å². The standard InChI is InChI=1S/C17H17FN2O/c1-10-4-3-5-13(16(10)18)17(19-2)11-6-7-14-12(8-11)9-15(21)20-14/h3-8,17,19H,9H2,1-2H3,(H,20,21). The molecular formula is C17H17FN2O. The minimum absolute atomic E-state index is 0.00453. The van der Waals surface area contributed by atoms with Crippen molar-refractivity contribution in [3.8, 4) is 0 Å². The van der Waals surface area contributed by atoms with Gasteiger partial charge in [0.25, 0.3) is 0 Å². The number of rotatable bonds is 3. The van der Waals surface area contributed by atoms with E-state index in [1.807, 2.05) is 31.3 Å². The van der Waals surface area contributed by atoms with Gasteiger partial charge in [0.15, 0.2) is 0 Å². The topological polar surface area (TPSA) is 41.1 Å². The normalized spacial score (nSPS) is 14.7. The van der Waals surface area contributed by atoms with Gasteiger partial charge in [0.1, 0.15) is 5.82 Å². The lowest BCUT2D eigenvalue weighted by Gasteiger charge is -2.19. The second kappa shape index (κ2) is 5.30. The lowest BCUT2D eigenvalue weighted by atomic mass is 9.95. The second-order valence-electron chi connectivity index (χ2n) is 5.34. The van der Waals surface area contributed by atoms with E-state index in [1.54, 1.807) is 19.1 Å². The fourth-order valence-corrected chi connectivity index (χ4v) is 2.82. The number of amides is 1. The van der Waals surface area contributed by atoms with Crippen LogP contribution >= 0.6 is 0 Å². The van der Waals surface area contributed by atoms with Gasteiger partial charge < -0.3 is 10.6 Å². The molecule has 21 heavy (non-hydrogen) atoms. The van der Waals surface area contributed by atoms with Gasteiger partial charge in [-0.1, -0.05) is 30.3 Å². The summed E-state index contributed by atoms with van der Waals surface area (Å²) in [6.45, 7) is 1.76. The Bertz CT molecular complexity index is 712. The Labute approximate surface area is 123 Å². The first-order valence-electron chi connectivity index (χ1n) is 6.95. The molecule has 0 aromatic heterocycles. The molecule has 0 saturated carbocycles. The predicted octanol–water partition coefficient (Wildman–Crippen LogP) is 2.94. The van der Waals surface area contributed by atoms with E-state index in [2.05, 4.69) is 10.6 Å². The average Bonchev–Trinajstić information content (AvgIpc) is 2.83. The van der Waals surface area contributed by atoms with Crippen molar-refractivity contribution >= 4 is 11.6 Å². The Morgan fingerprint density at radius 2 is 2.10 bits per heavy atom. The zero-order valence-corrected chi connectivity index (χ0v) is 12.0. The Hall–Kier alpha value is -2.20. The van der Waals surface area contributed by atoms with Crippen molar-refractivity contribution in [3.63, 3.8) is 0 Å². The maximum Gasteiger partial charge on any atom is 0.228 e. The monoisotopic (exact) mass is 284 g/mol.